The lowest BCUT2D eigenvalue weighted by Crippen LogP contribution is -2.13. The van der Waals surface area contributed by atoms with E-state index < -0.39 is 0 Å². The van der Waals surface area contributed by atoms with Crippen LogP contribution in [0.3, 0.4) is 0 Å². The molecule has 3 aromatic rings. The molecule has 3 rings (SSSR count). The van der Waals surface area contributed by atoms with Crippen molar-refractivity contribution in [1.29, 1.82) is 0 Å². The van der Waals surface area contributed by atoms with Crippen LogP contribution >= 0.6 is 0 Å². The van der Waals surface area contributed by atoms with Crippen LogP contribution in [0.4, 0.5) is 5.69 Å². The van der Waals surface area contributed by atoms with Crippen molar-refractivity contribution in [3.05, 3.63) is 65.6 Å². The molecule has 1 aromatic carbocycles. The number of fused-ring (bicyclic) bond motifs is 1. The van der Waals surface area contributed by atoms with Crippen molar-refractivity contribution in [3.63, 3.8) is 0 Å². The highest BCUT2D eigenvalue weighted by Crippen LogP contribution is 2.18. The lowest BCUT2D eigenvalue weighted by atomic mass is 10.1. The summed E-state index contributed by atoms with van der Waals surface area (Å²) in [6.45, 7) is 4.02. The number of pyridine rings is 1. The molecule has 0 radical (unpaired) electrons. The molecular weight excluding hydrogens is 250 g/mol. The number of amides is 1. The Hall–Kier alpha value is -2.62. The summed E-state index contributed by atoms with van der Waals surface area (Å²) >= 11 is 0. The van der Waals surface area contributed by atoms with Crippen LogP contribution in [0.1, 0.15) is 21.6 Å². The van der Waals surface area contributed by atoms with Crippen molar-refractivity contribution in [2.24, 2.45) is 0 Å². The third-order valence-corrected chi connectivity index (χ3v) is 3.45. The van der Waals surface area contributed by atoms with E-state index in [4.69, 9.17) is 0 Å². The first-order valence-electron chi connectivity index (χ1n) is 6.46. The number of nitrogens with one attached hydrogen (secondary N) is 1. The molecule has 0 bridgehead atoms. The number of carbonyl (C=O) groups excluding carboxylic acids is 1. The molecule has 0 aliphatic heterocycles. The van der Waals surface area contributed by atoms with Crippen LogP contribution in [0.15, 0.2) is 48.8 Å². The summed E-state index contributed by atoms with van der Waals surface area (Å²) in [4.78, 5) is 16.6. The van der Waals surface area contributed by atoms with E-state index in [1.807, 2.05) is 60.8 Å². The number of nitrogens with zero attached hydrogens (tertiary/aromatic N) is 2. The van der Waals surface area contributed by atoms with E-state index in [9.17, 15) is 4.79 Å². The van der Waals surface area contributed by atoms with Gasteiger partial charge < -0.3 is 9.72 Å². The minimum Gasteiger partial charge on any atom is -0.320 e. The van der Waals surface area contributed by atoms with Crippen LogP contribution in [0.25, 0.3) is 5.65 Å². The molecule has 0 saturated carbocycles. The molecule has 1 N–H and O–H groups in total. The standard InChI is InChI=1S/C16H15N3O/c1-11-6-5-7-13(12(11)2)18-16(20)14-10-19-9-4-3-8-15(19)17-14/h3-10H,1-2H3,(H,18,20). The largest absolute Gasteiger partial charge is 0.320 e. The highest BCUT2D eigenvalue weighted by Gasteiger charge is 2.12. The molecule has 2 aromatic heterocycles. The molecule has 0 atom stereocenters. The van der Waals surface area contributed by atoms with Crippen molar-refractivity contribution >= 4 is 17.2 Å². The van der Waals surface area contributed by atoms with Crippen molar-refractivity contribution in [3.8, 4) is 0 Å². The third-order valence-electron chi connectivity index (χ3n) is 3.45. The minimum atomic E-state index is -0.192. The van der Waals surface area contributed by atoms with Crippen molar-refractivity contribution in [2.75, 3.05) is 5.32 Å². The van der Waals surface area contributed by atoms with Crippen LogP contribution in [0.2, 0.25) is 0 Å². The zero-order valence-electron chi connectivity index (χ0n) is 11.4. The van der Waals surface area contributed by atoms with E-state index in [0.717, 1.165) is 22.5 Å². The zero-order valence-corrected chi connectivity index (χ0v) is 11.4. The maximum atomic E-state index is 12.3. The lowest BCUT2D eigenvalue weighted by Gasteiger charge is -2.08. The van der Waals surface area contributed by atoms with Crippen molar-refractivity contribution in [1.82, 2.24) is 9.38 Å². The molecule has 0 aliphatic carbocycles. The second kappa shape index (κ2) is 4.81. The summed E-state index contributed by atoms with van der Waals surface area (Å²) < 4.78 is 1.83. The molecule has 0 spiro atoms. The first kappa shape index (κ1) is 12.4. The van der Waals surface area contributed by atoms with Gasteiger partial charge in [0.2, 0.25) is 0 Å². The first-order valence-corrected chi connectivity index (χ1v) is 6.46. The van der Waals surface area contributed by atoms with Crippen LogP contribution < -0.4 is 5.32 Å². The predicted molar refractivity (Wildman–Crippen MR) is 79.1 cm³/mol. The normalized spacial score (nSPS) is 10.7. The average Bonchev–Trinajstić information content (AvgIpc) is 2.88. The van der Waals surface area contributed by atoms with Gasteiger partial charge in [0.15, 0.2) is 0 Å². The van der Waals surface area contributed by atoms with Crippen molar-refractivity contribution < 1.29 is 4.79 Å². The summed E-state index contributed by atoms with van der Waals surface area (Å²) in [7, 11) is 0. The van der Waals surface area contributed by atoms with E-state index >= 15 is 0 Å². The molecule has 4 heteroatoms. The van der Waals surface area contributed by atoms with Gasteiger partial charge in [-0.2, -0.15) is 0 Å². The maximum absolute atomic E-state index is 12.3. The molecule has 2 heterocycles. The molecule has 0 fully saturated rings. The summed E-state index contributed by atoms with van der Waals surface area (Å²) in [5, 5.41) is 2.91. The van der Waals surface area contributed by atoms with Gasteiger partial charge in [0.1, 0.15) is 11.3 Å². The molecule has 4 nitrogen and oxygen atoms in total. The van der Waals surface area contributed by atoms with Crippen LogP contribution in [0.5, 0.6) is 0 Å². The monoisotopic (exact) mass is 265 g/mol. The van der Waals surface area contributed by atoms with Gasteiger partial charge in [-0.1, -0.05) is 18.2 Å². The molecule has 0 saturated heterocycles. The average molecular weight is 265 g/mol. The molecule has 1 amide bonds. The lowest BCUT2D eigenvalue weighted by molar-refractivity contribution is 0.102. The van der Waals surface area contributed by atoms with Crippen LogP contribution in [-0.4, -0.2) is 15.3 Å². The second-order valence-corrected chi connectivity index (χ2v) is 4.79. The quantitative estimate of drug-likeness (QED) is 0.773. The van der Waals surface area contributed by atoms with E-state index in [1.54, 1.807) is 6.20 Å². The number of anilines is 1. The fraction of sp³-hybridized carbons (Fsp3) is 0.125. The Morgan fingerprint density at radius 2 is 2.00 bits per heavy atom. The summed E-state index contributed by atoms with van der Waals surface area (Å²) in [6.07, 6.45) is 3.60. The second-order valence-electron chi connectivity index (χ2n) is 4.79. The van der Waals surface area contributed by atoms with Gasteiger partial charge in [-0.15, -0.1) is 0 Å². The van der Waals surface area contributed by atoms with Gasteiger partial charge in [-0.25, -0.2) is 4.98 Å². The summed E-state index contributed by atoms with van der Waals surface area (Å²) in [6, 6.07) is 11.5. The highest BCUT2D eigenvalue weighted by atomic mass is 16.1. The maximum Gasteiger partial charge on any atom is 0.275 e. The van der Waals surface area contributed by atoms with Gasteiger partial charge in [-0.05, 0) is 43.2 Å². The predicted octanol–water partition coefficient (Wildman–Crippen LogP) is 3.20. The Morgan fingerprint density at radius 3 is 2.80 bits per heavy atom. The fourth-order valence-electron chi connectivity index (χ4n) is 2.12. The SMILES string of the molecule is Cc1cccc(NC(=O)c2cn3ccccc3n2)c1C. The number of hydrogen-bond acceptors (Lipinski definition) is 2. The van der Waals surface area contributed by atoms with Crippen molar-refractivity contribution in [2.45, 2.75) is 13.8 Å². The van der Waals surface area contributed by atoms with E-state index in [2.05, 4.69) is 10.3 Å². The van der Waals surface area contributed by atoms with Gasteiger partial charge in [-0.3, -0.25) is 4.79 Å². The molecule has 100 valence electrons. The number of imidazole rings is 1. The first-order chi connectivity index (χ1) is 9.65. The Bertz CT molecular complexity index is 756. The number of aromatic nitrogens is 2. The molecule has 0 unspecified atom stereocenters. The third kappa shape index (κ3) is 2.16. The Morgan fingerprint density at radius 1 is 1.15 bits per heavy atom. The van der Waals surface area contributed by atoms with Crippen LogP contribution in [0, 0.1) is 13.8 Å². The van der Waals surface area contributed by atoms with E-state index in [-0.39, 0.29) is 5.91 Å². The summed E-state index contributed by atoms with van der Waals surface area (Å²) in [5.74, 6) is -0.192. The minimum absolute atomic E-state index is 0.192. The summed E-state index contributed by atoms with van der Waals surface area (Å²) in [5.41, 5.74) is 4.23. The van der Waals surface area contributed by atoms with Gasteiger partial charge in [0.05, 0.1) is 0 Å². The van der Waals surface area contributed by atoms with Gasteiger partial charge in [0.25, 0.3) is 5.91 Å². The Kier molecular flexibility index (Phi) is 2.99. The number of rotatable bonds is 2. The number of aryl methyl sites for hydroxylation is 1. The number of hydrogen-bond donors (Lipinski definition) is 1. The smallest absolute Gasteiger partial charge is 0.275 e. The zero-order chi connectivity index (χ0) is 14.1. The highest BCUT2D eigenvalue weighted by molar-refractivity contribution is 6.03. The van der Waals surface area contributed by atoms with E-state index in [1.165, 1.54) is 0 Å². The number of benzene rings is 1. The molecular formula is C16H15N3O. The van der Waals surface area contributed by atoms with E-state index in [0.29, 0.717) is 5.69 Å². The fourth-order valence-corrected chi connectivity index (χ4v) is 2.12. The topological polar surface area (TPSA) is 46.4 Å². The Balaban J connectivity index is 1.91. The number of carbonyl (C=O) groups is 1. The Labute approximate surface area is 117 Å². The van der Waals surface area contributed by atoms with Crippen LogP contribution in [-0.2, 0) is 0 Å². The molecule has 0 aliphatic rings. The van der Waals surface area contributed by atoms with Gasteiger partial charge >= 0.3 is 0 Å². The van der Waals surface area contributed by atoms with Gasteiger partial charge in [0, 0.05) is 18.1 Å². The molecule has 20 heavy (non-hydrogen) atoms.